The fourth-order valence-corrected chi connectivity index (χ4v) is 2.65. The van der Waals surface area contributed by atoms with Gasteiger partial charge in [0.2, 0.25) is 10.0 Å². The molecule has 1 rings (SSSR count). The fraction of sp³-hybridized carbons (Fsp3) is 0.500. The minimum atomic E-state index is -3.61. The van der Waals surface area contributed by atoms with Gasteiger partial charge in [-0.1, -0.05) is 19.9 Å². The summed E-state index contributed by atoms with van der Waals surface area (Å²) in [5.74, 6) is -0.554. The van der Waals surface area contributed by atoms with Crippen LogP contribution in [0.25, 0.3) is 0 Å². The van der Waals surface area contributed by atoms with E-state index in [9.17, 15) is 12.8 Å². The number of hydrogen-bond acceptors (Lipinski definition) is 3. The molecule has 1 N–H and O–H groups in total. The lowest BCUT2D eigenvalue weighted by atomic mass is 10.4. The summed E-state index contributed by atoms with van der Waals surface area (Å²) >= 11 is 0. The van der Waals surface area contributed by atoms with Crippen molar-refractivity contribution in [3.05, 3.63) is 30.1 Å². The van der Waals surface area contributed by atoms with E-state index in [1.165, 1.54) is 18.2 Å². The molecule has 0 aromatic heterocycles. The zero-order chi connectivity index (χ0) is 13.6. The predicted molar refractivity (Wildman–Crippen MR) is 69.4 cm³/mol. The van der Waals surface area contributed by atoms with Crippen molar-refractivity contribution in [3.8, 4) is 0 Å². The van der Waals surface area contributed by atoms with Crippen molar-refractivity contribution in [3.63, 3.8) is 0 Å². The average molecular weight is 274 g/mol. The molecule has 6 heteroatoms. The fourth-order valence-electron chi connectivity index (χ4n) is 1.60. The van der Waals surface area contributed by atoms with Crippen LogP contribution in [0.5, 0.6) is 0 Å². The normalized spacial score (nSPS) is 12.0. The Morgan fingerprint density at radius 3 is 2.50 bits per heavy atom. The van der Waals surface area contributed by atoms with E-state index >= 15 is 0 Å². The molecule has 0 bridgehead atoms. The third-order valence-corrected chi connectivity index (χ3v) is 4.18. The number of halogens is 1. The topological polar surface area (TPSA) is 49.4 Å². The molecule has 1 aromatic rings. The minimum absolute atomic E-state index is 0.0398. The van der Waals surface area contributed by atoms with E-state index in [-0.39, 0.29) is 4.90 Å². The van der Waals surface area contributed by atoms with Gasteiger partial charge < -0.3 is 4.90 Å². The van der Waals surface area contributed by atoms with Gasteiger partial charge in [0.25, 0.3) is 0 Å². The van der Waals surface area contributed by atoms with Crippen LogP contribution in [0.3, 0.4) is 0 Å². The lowest BCUT2D eigenvalue weighted by Gasteiger charge is -2.17. The number of hydrogen-bond donors (Lipinski definition) is 1. The molecule has 18 heavy (non-hydrogen) atoms. The van der Waals surface area contributed by atoms with Crippen LogP contribution in [0.15, 0.2) is 29.2 Å². The molecule has 0 unspecified atom stereocenters. The lowest BCUT2D eigenvalue weighted by molar-refractivity contribution is 0.309. The van der Waals surface area contributed by atoms with Gasteiger partial charge in [-0.25, -0.2) is 17.5 Å². The molecular weight excluding hydrogens is 255 g/mol. The summed E-state index contributed by atoms with van der Waals surface area (Å²) in [4.78, 5) is 2.07. The zero-order valence-corrected chi connectivity index (χ0v) is 11.5. The van der Waals surface area contributed by atoms with Crippen molar-refractivity contribution in [1.29, 1.82) is 0 Å². The van der Waals surface area contributed by atoms with E-state index in [1.54, 1.807) is 0 Å². The Hall–Kier alpha value is -0.980. The third kappa shape index (κ3) is 4.36. The van der Waals surface area contributed by atoms with Crippen molar-refractivity contribution in [2.45, 2.75) is 18.7 Å². The van der Waals surface area contributed by atoms with Crippen molar-refractivity contribution in [2.75, 3.05) is 26.2 Å². The number of benzene rings is 1. The van der Waals surface area contributed by atoms with E-state index in [2.05, 4.69) is 9.62 Å². The van der Waals surface area contributed by atoms with E-state index in [1.807, 2.05) is 13.8 Å². The first kappa shape index (κ1) is 15.1. The Bertz CT molecular complexity index is 473. The highest BCUT2D eigenvalue weighted by Crippen LogP contribution is 2.09. The first-order valence-electron chi connectivity index (χ1n) is 5.97. The Morgan fingerprint density at radius 2 is 1.94 bits per heavy atom. The molecule has 0 saturated carbocycles. The van der Waals surface area contributed by atoms with Gasteiger partial charge >= 0.3 is 0 Å². The first-order valence-corrected chi connectivity index (χ1v) is 7.45. The lowest BCUT2D eigenvalue weighted by Crippen LogP contribution is -2.34. The van der Waals surface area contributed by atoms with E-state index in [0.717, 1.165) is 19.2 Å². The maximum Gasteiger partial charge on any atom is 0.240 e. The number of rotatable bonds is 7. The summed E-state index contributed by atoms with van der Waals surface area (Å²) in [5.41, 5.74) is 0. The zero-order valence-electron chi connectivity index (χ0n) is 10.7. The van der Waals surface area contributed by atoms with Crippen molar-refractivity contribution in [2.24, 2.45) is 0 Å². The summed E-state index contributed by atoms with van der Waals surface area (Å²) in [6.07, 6.45) is 0. The second-order valence-corrected chi connectivity index (χ2v) is 5.65. The molecule has 0 amide bonds. The van der Waals surface area contributed by atoms with E-state index < -0.39 is 15.8 Å². The maximum atomic E-state index is 13.0. The summed E-state index contributed by atoms with van der Waals surface area (Å²) in [6.45, 7) is 6.74. The van der Waals surface area contributed by atoms with E-state index in [4.69, 9.17) is 0 Å². The van der Waals surface area contributed by atoms with Gasteiger partial charge in [-0.15, -0.1) is 0 Å². The minimum Gasteiger partial charge on any atom is -0.303 e. The van der Waals surface area contributed by atoms with Crippen LogP contribution in [0.1, 0.15) is 13.8 Å². The molecular formula is C12H19FN2O2S. The molecule has 4 nitrogen and oxygen atoms in total. The second kappa shape index (κ2) is 6.82. The highest BCUT2D eigenvalue weighted by molar-refractivity contribution is 7.89. The summed E-state index contributed by atoms with van der Waals surface area (Å²) in [6, 6.07) is 4.99. The Labute approximate surface area is 108 Å². The Morgan fingerprint density at radius 1 is 1.28 bits per heavy atom. The number of sulfonamides is 1. The molecule has 0 aliphatic heterocycles. The second-order valence-electron chi connectivity index (χ2n) is 3.88. The monoisotopic (exact) mass is 274 g/mol. The Balaban J connectivity index is 2.60. The highest BCUT2D eigenvalue weighted by Gasteiger charge is 2.14. The predicted octanol–water partition coefficient (Wildman–Crippen LogP) is 1.45. The van der Waals surface area contributed by atoms with Gasteiger partial charge in [0.1, 0.15) is 5.82 Å². The average Bonchev–Trinajstić information content (AvgIpc) is 2.34. The quantitative estimate of drug-likeness (QED) is 0.818. The van der Waals surface area contributed by atoms with Crippen molar-refractivity contribution >= 4 is 10.0 Å². The van der Waals surface area contributed by atoms with Crippen LogP contribution in [-0.4, -0.2) is 39.5 Å². The summed E-state index contributed by atoms with van der Waals surface area (Å²) in [5, 5.41) is 0. The maximum absolute atomic E-state index is 13.0. The summed E-state index contributed by atoms with van der Waals surface area (Å²) < 4.78 is 39.1. The molecule has 0 spiro atoms. The van der Waals surface area contributed by atoms with Crippen LogP contribution in [0, 0.1) is 5.82 Å². The van der Waals surface area contributed by atoms with Gasteiger partial charge in [0, 0.05) is 13.1 Å². The van der Waals surface area contributed by atoms with Gasteiger partial charge in [-0.2, -0.15) is 0 Å². The van der Waals surface area contributed by atoms with Crippen LogP contribution in [0.2, 0.25) is 0 Å². The molecule has 102 valence electrons. The standard InChI is InChI=1S/C12H19FN2O2S/c1-3-15(4-2)9-8-14-18(16,17)12-7-5-6-11(13)10-12/h5-7,10,14H,3-4,8-9H2,1-2H3. The van der Waals surface area contributed by atoms with Gasteiger partial charge in [0.05, 0.1) is 4.90 Å². The van der Waals surface area contributed by atoms with Crippen molar-refractivity contribution in [1.82, 2.24) is 9.62 Å². The van der Waals surface area contributed by atoms with Crippen LogP contribution in [-0.2, 0) is 10.0 Å². The van der Waals surface area contributed by atoms with Gasteiger partial charge in [0.15, 0.2) is 0 Å². The molecule has 0 fully saturated rings. The highest BCUT2D eigenvalue weighted by atomic mass is 32.2. The van der Waals surface area contributed by atoms with E-state index in [0.29, 0.717) is 13.1 Å². The smallest absolute Gasteiger partial charge is 0.240 e. The van der Waals surface area contributed by atoms with Gasteiger partial charge in [-0.3, -0.25) is 0 Å². The number of nitrogens with one attached hydrogen (secondary N) is 1. The molecule has 0 atom stereocenters. The molecule has 1 aromatic carbocycles. The number of likely N-dealkylation sites (N-methyl/N-ethyl adjacent to an activating group) is 1. The molecule has 0 heterocycles. The number of nitrogens with zero attached hydrogens (tertiary/aromatic N) is 1. The first-order chi connectivity index (χ1) is 8.49. The largest absolute Gasteiger partial charge is 0.303 e. The van der Waals surface area contributed by atoms with Crippen molar-refractivity contribution < 1.29 is 12.8 Å². The van der Waals surface area contributed by atoms with Gasteiger partial charge in [-0.05, 0) is 31.3 Å². The molecule has 0 radical (unpaired) electrons. The molecule has 0 saturated heterocycles. The van der Waals surface area contributed by atoms with Crippen LogP contribution < -0.4 is 4.72 Å². The Kier molecular flexibility index (Phi) is 5.71. The SMILES string of the molecule is CCN(CC)CCNS(=O)(=O)c1cccc(F)c1. The third-order valence-electron chi connectivity index (χ3n) is 2.72. The van der Waals surface area contributed by atoms with Crippen LogP contribution >= 0.6 is 0 Å². The molecule has 0 aliphatic carbocycles. The van der Waals surface area contributed by atoms with Crippen LogP contribution in [0.4, 0.5) is 4.39 Å². The molecule has 0 aliphatic rings. The summed E-state index contributed by atoms with van der Waals surface area (Å²) in [7, 11) is -3.61.